The third-order valence-electron chi connectivity index (χ3n) is 4.70. The highest BCUT2D eigenvalue weighted by Crippen LogP contribution is 2.43. The summed E-state index contributed by atoms with van der Waals surface area (Å²) in [5, 5.41) is 0. The van der Waals surface area contributed by atoms with Gasteiger partial charge in [0.05, 0.1) is 17.3 Å². The second-order valence-corrected chi connectivity index (χ2v) is 7.29. The summed E-state index contributed by atoms with van der Waals surface area (Å²) in [5.41, 5.74) is 4.06. The van der Waals surface area contributed by atoms with Gasteiger partial charge in [-0.25, -0.2) is 9.97 Å². The maximum absolute atomic E-state index is 6.18. The highest BCUT2D eigenvalue weighted by atomic mass is 32.2. The topological polar surface area (TPSA) is 73.1 Å². The maximum atomic E-state index is 6.18. The van der Waals surface area contributed by atoms with Gasteiger partial charge < -0.3 is 4.74 Å². The first-order valence-electron chi connectivity index (χ1n) is 7.70. The summed E-state index contributed by atoms with van der Waals surface area (Å²) in [4.78, 5) is 8.73. The molecule has 0 amide bonds. The van der Waals surface area contributed by atoms with Gasteiger partial charge in [0.1, 0.15) is 5.82 Å². The van der Waals surface area contributed by atoms with Crippen LogP contribution < -0.4 is 11.3 Å². The first kappa shape index (κ1) is 15.2. The molecule has 3 rings (SSSR count). The average Bonchev–Trinajstić information content (AvgIpc) is 2.49. The number of ether oxygens (including phenoxy) is 1. The molecule has 6 heteroatoms. The van der Waals surface area contributed by atoms with Gasteiger partial charge in [-0.2, -0.15) is 11.8 Å². The first-order chi connectivity index (χ1) is 10.2. The van der Waals surface area contributed by atoms with Gasteiger partial charge in [-0.1, -0.05) is 0 Å². The Kier molecular flexibility index (Phi) is 4.78. The van der Waals surface area contributed by atoms with Crippen LogP contribution in [0, 0.1) is 12.8 Å². The van der Waals surface area contributed by atoms with Crippen molar-refractivity contribution in [3.05, 3.63) is 23.8 Å². The van der Waals surface area contributed by atoms with E-state index in [4.69, 9.17) is 10.6 Å². The fourth-order valence-electron chi connectivity index (χ4n) is 3.55. The van der Waals surface area contributed by atoms with E-state index in [0.717, 1.165) is 43.8 Å². The van der Waals surface area contributed by atoms with Gasteiger partial charge in [0.15, 0.2) is 0 Å². The molecular weight excluding hydrogens is 284 g/mol. The molecule has 0 saturated carbocycles. The molecule has 3 heterocycles. The zero-order valence-electron chi connectivity index (χ0n) is 12.5. The molecule has 0 radical (unpaired) electrons. The number of hydrazine groups is 1. The number of nitrogens with zero attached hydrogens (tertiary/aromatic N) is 2. The van der Waals surface area contributed by atoms with Crippen molar-refractivity contribution in [2.45, 2.75) is 44.2 Å². The normalized spacial score (nSPS) is 26.7. The van der Waals surface area contributed by atoms with Gasteiger partial charge >= 0.3 is 0 Å². The third kappa shape index (κ3) is 3.39. The summed E-state index contributed by atoms with van der Waals surface area (Å²) in [6.07, 6.45) is 6.25. The molecule has 0 bridgehead atoms. The van der Waals surface area contributed by atoms with Crippen molar-refractivity contribution in [1.82, 2.24) is 15.4 Å². The van der Waals surface area contributed by atoms with E-state index >= 15 is 0 Å². The van der Waals surface area contributed by atoms with Gasteiger partial charge in [0.2, 0.25) is 0 Å². The summed E-state index contributed by atoms with van der Waals surface area (Å²) >= 11 is 2.04. The van der Waals surface area contributed by atoms with Crippen molar-refractivity contribution in [3.63, 3.8) is 0 Å². The van der Waals surface area contributed by atoms with Crippen molar-refractivity contribution in [2.24, 2.45) is 11.8 Å². The van der Waals surface area contributed by atoms with Crippen LogP contribution in [0.5, 0.6) is 0 Å². The Morgan fingerprint density at radius 3 is 3.00 bits per heavy atom. The summed E-state index contributed by atoms with van der Waals surface area (Å²) in [5.74, 6) is 9.53. The van der Waals surface area contributed by atoms with Gasteiger partial charge in [0.25, 0.3) is 0 Å². The Morgan fingerprint density at radius 1 is 1.48 bits per heavy atom. The molecule has 1 aromatic heterocycles. The lowest BCUT2D eigenvalue weighted by Crippen LogP contribution is -2.47. The average molecular weight is 308 g/mol. The summed E-state index contributed by atoms with van der Waals surface area (Å²) in [6.45, 7) is 2.75. The number of nitrogens with one attached hydrogen (secondary N) is 1. The predicted octanol–water partition coefficient (Wildman–Crippen LogP) is 1.98. The molecule has 2 fully saturated rings. The van der Waals surface area contributed by atoms with E-state index in [9.17, 15) is 0 Å². The van der Waals surface area contributed by atoms with E-state index in [2.05, 4.69) is 15.4 Å². The molecule has 3 N–H and O–H groups in total. The molecule has 116 valence electrons. The Morgan fingerprint density at radius 2 is 2.29 bits per heavy atom. The minimum Gasteiger partial charge on any atom is -0.375 e. The molecule has 2 atom stereocenters. The molecule has 2 aliphatic heterocycles. The molecule has 1 aromatic rings. The van der Waals surface area contributed by atoms with Gasteiger partial charge in [0, 0.05) is 12.8 Å². The number of nitrogens with two attached hydrogens (primary N) is 1. The molecule has 21 heavy (non-hydrogen) atoms. The van der Waals surface area contributed by atoms with E-state index in [1.807, 2.05) is 30.9 Å². The van der Waals surface area contributed by atoms with Crippen molar-refractivity contribution >= 4 is 11.8 Å². The van der Waals surface area contributed by atoms with E-state index in [1.54, 1.807) is 0 Å². The lowest BCUT2D eigenvalue weighted by atomic mass is 9.78. The fraction of sp³-hybridized carbons (Fsp3) is 0.733. The molecule has 2 aliphatic rings. The molecule has 0 aliphatic carbocycles. The van der Waals surface area contributed by atoms with E-state index < -0.39 is 0 Å². The summed E-state index contributed by atoms with van der Waals surface area (Å²) in [6, 6.07) is 2.05. The predicted molar refractivity (Wildman–Crippen MR) is 84.8 cm³/mol. The Balaban J connectivity index is 1.77. The minimum atomic E-state index is 0.0747. The van der Waals surface area contributed by atoms with E-state index in [1.165, 1.54) is 11.5 Å². The lowest BCUT2D eigenvalue weighted by Gasteiger charge is -2.45. The smallest absolute Gasteiger partial charge is 0.125 e. The van der Waals surface area contributed by atoms with Crippen molar-refractivity contribution in [3.8, 4) is 0 Å². The van der Waals surface area contributed by atoms with Gasteiger partial charge in [-0.15, -0.1) is 0 Å². The summed E-state index contributed by atoms with van der Waals surface area (Å²) < 4.78 is 6.18. The van der Waals surface area contributed by atoms with Crippen molar-refractivity contribution in [1.29, 1.82) is 0 Å². The van der Waals surface area contributed by atoms with Crippen LogP contribution in [0.2, 0.25) is 0 Å². The SMILES string of the molecule is Cc1nccc(C(NN)C2CCOC3(CCSCC3)C2)n1. The number of rotatable bonds is 3. The van der Waals surface area contributed by atoms with Gasteiger partial charge in [-0.05, 0) is 56.1 Å². The lowest BCUT2D eigenvalue weighted by molar-refractivity contribution is -0.107. The van der Waals surface area contributed by atoms with Crippen LogP contribution in [0.25, 0.3) is 0 Å². The number of aryl methyl sites for hydroxylation is 1. The highest BCUT2D eigenvalue weighted by molar-refractivity contribution is 7.99. The number of thioether (sulfide) groups is 1. The maximum Gasteiger partial charge on any atom is 0.125 e. The quantitative estimate of drug-likeness (QED) is 0.657. The van der Waals surface area contributed by atoms with Gasteiger partial charge in [-0.3, -0.25) is 11.3 Å². The van der Waals surface area contributed by atoms with Crippen molar-refractivity contribution in [2.75, 3.05) is 18.1 Å². The van der Waals surface area contributed by atoms with Crippen LogP contribution in [-0.2, 0) is 4.74 Å². The molecule has 2 unspecified atom stereocenters. The number of aromatic nitrogens is 2. The monoisotopic (exact) mass is 308 g/mol. The standard InChI is InChI=1S/C15H24N4OS/c1-11-17-6-2-13(18-11)14(19-16)12-3-7-20-15(10-12)4-8-21-9-5-15/h2,6,12,14,19H,3-5,7-10,16H2,1H3. The molecule has 1 spiro atoms. The Labute approximate surface area is 130 Å². The second kappa shape index (κ2) is 6.60. The van der Waals surface area contributed by atoms with Crippen LogP contribution in [0.1, 0.15) is 43.2 Å². The highest BCUT2D eigenvalue weighted by Gasteiger charge is 2.41. The van der Waals surface area contributed by atoms with E-state index in [0.29, 0.717) is 5.92 Å². The zero-order chi connectivity index (χ0) is 14.7. The second-order valence-electron chi connectivity index (χ2n) is 6.07. The van der Waals surface area contributed by atoms with E-state index in [-0.39, 0.29) is 11.6 Å². The largest absolute Gasteiger partial charge is 0.375 e. The molecule has 5 nitrogen and oxygen atoms in total. The summed E-state index contributed by atoms with van der Waals surface area (Å²) in [7, 11) is 0. The van der Waals surface area contributed by atoms with Crippen LogP contribution in [0.3, 0.4) is 0 Å². The number of hydrogen-bond acceptors (Lipinski definition) is 6. The molecule has 0 aromatic carbocycles. The molecule has 2 saturated heterocycles. The fourth-order valence-corrected chi connectivity index (χ4v) is 4.79. The van der Waals surface area contributed by atoms with Crippen LogP contribution in [-0.4, -0.2) is 33.7 Å². The van der Waals surface area contributed by atoms with Crippen LogP contribution >= 0.6 is 11.8 Å². The Hall–Kier alpha value is -0.690. The number of hydrogen-bond donors (Lipinski definition) is 2. The van der Waals surface area contributed by atoms with Crippen LogP contribution in [0.4, 0.5) is 0 Å². The Bertz CT molecular complexity index is 473. The first-order valence-corrected chi connectivity index (χ1v) is 8.85. The zero-order valence-corrected chi connectivity index (χ0v) is 13.4. The third-order valence-corrected chi connectivity index (χ3v) is 5.69. The molecular formula is C15H24N4OS. The van der Waals surface area contributed by atoms with Crippen LogP contribution in [0.15, 0.2) is 12.3 Å². The minimum absolute atomic E-state index is 0.0747. The van der Waals surface area contributed by atoms with Crippen molar-refractivity contribution < 1.29 is 4.74 Å².